The molecule has 0 bridgehead atoms. The molecule has 0 spiro atoms. The average molecular weight is 364 g/mol. The van der Waals surface area contributed by atoms with Crippen molar-refractivity contribution in [2.24, 2.45) is 5.10 Å². The van der Waals surface area contributed by atoms with E-state index in [1.165, 1.54) is 20.4 Å². The van der Waals surface area contributed by atoms with Crippen LogP contribution < -0.4 is 19.6 Å². The second-order valence-electron chi connectivity index (χ2n) is 5.65. The molecule has 3 aromatic rings. The molecule has 1 amide bonds. The van der Waals surface area contributed by atoms with E-state index < -0.39 is 0 Å². The van der Waals surface area contributed by atoms with Crippen LogP contribution in [0.3, 0.4) is 0 Å². The van der Waals surface area contributed by atoms with Crippen LogP contribution in [0.15, 0.2) is 59.7 Å². The fourth-order valence-electron chi connectivity index (χ4n) is 2.87. The zero-order valence-electron chi connectivity index (χ0n) is 15.4. The van der Waals surface area contributed by atoms with E-state index in [1.54, 1.807) is 25.3 Å². The highest BCUT2D eigenvalue weighted by Gasteiger charge is 2.15. The predicted octanol–water partition coefficient (Wildman–Crippen LogP) is 3.63. The molecule has 27 heavy (non-hydrogen) atoms. The van der Waals surface area contributed by atoms with Crippen LogP contribution in [0.5, 0.6) is 17.2 Å². The zero-order chi connectivity index (χ0) is 19.2. The number of methoxy groups -OCH3 is 3. The maximum Gasteiger partial charge on any atom is 0.271 e. The quantitative estimate of drug-likeness (QED) is 0.536. The molecule has 3 aromatic carbocycles. The Morgan fingerprint density at radius 2 is 1.63 bits per heavy atom. The number of hydrogen-bond donors (Lipinski definition) is 1. The molecule has 3 rings (SSSR count). The fourth-order valence-corrected chi connectivity index (χ4v) is 2.87. The van der Waals surface area contributed by atoms with Gasteiger partial charge in [0.1, 0.15) is 0 Å². The van der Waals surface area contributed by atoms with Crippen LogP contribution in [0, 0.1) is 0 Å². The van der Waals surface area contributed by atoms with Crippen LogP contribution in [0.2, 0.25) is 0 Å². The Morgan fingerprint density at radius 3 is 2.37 bits per heavy atom. The minimum atomic E-state index is -0.289. The summed E-state index contributed by atoms with van der Waals surface area (Å²) in [7, 11) is 4.61. The molecular weight excluding hydrogens is 344 g/mol. The summed E-state index contributed by atoms with van der Waals surface area (Å²) < 4.78 is 16.0. The summed E-state index contributed by atoms with van der Waals surface area (Å²) in [6, 6.07) is 16.8. The number of ether oxygens (including phenoxy) is 3. The van der Waals surface area contributed by atoms with Crippen molar-refractivity contribution >= 4 is 22.9 Å². The molecule has 0 radical (unpaired) electrons. The first-order chi connectivity index (χ1) is 13.2. The molecule has 0 aliphatic rings. The lowest BCUT2D eigenvalue weighted by molar-refractivity contribution is 0.0957. The molecule has 0 aliphatic heterocycles. The van der Waals surface area contributed by atoms with E-state index in [1.807, 2.05) is 36.4 Å². The molecule has 1 N–H and O–H groups in total. The Balaban J connectivity index is 1.84. The monoisotopic (exact) mass is 364 g/mol. The lowest BCUT2D eigenvalue weighted by Crippen LogP contribution is -2.18. The lowest BCUT2D eigenvalue weighted by Gasteiger charge is -2.13. The Labute approximate surface area is 157 Å². The Hall–Kier alpha value is -3.54. The second-order valence-corrected chi connectivity index (χ2v) is 5.65. The predicted molar refractivity (Wildman–Crippen MR) is 105 cm³/mol. The minimum Gasteiger partial charge on any atom is -0.493 e. The molecular formula is C21H20N2O4. The standard InChI is InChI=1S/C21H20N2O4/c1-25-18-12-11-15(19(26-2)20(18)27-3)13-22-23-21(24)17-10-6-8-14-7-4-5-9-16(14)17/h4-13H,1-3H3,(H,23,24)/b22-13+. The van der Waals surface area contributed by atoms with Crippen LogP contribution >= 0.6 is 0 Å². The van der Waals surface area contributed by atoms with Crippen LogP contribution in [-0.2, 0) is 0 Å². The van der Waals surface area contributed by atoms with E-state index >= 15 is 0 Å². The van der Waals surface area contributed by atoms with E-state index in [0.29, 0.717) is 28.4 Å². The molecule has 0 aliphatic carbocycles. The van der Waals surface area contributed by atoms with Gasteiger partial charge in [-0.15, -0.1) is 0 Å². The van der Waals surface area contributed by atoms with Crippen LogP contribution in [0.25, 0.3) is 10.8 Å². The number of hydrogen-bond acceptors (Lipinski definition) is 5. The van der Waals surface area contributed by atoms with Crippen molar-refractivity contribution in [2.75, 3.05) is 21.3 Å². The van der Waals surface area contributed by atoms with Gasteiger partial charge in [-0.3, -0.25) is 4.79 Å². The number of benzene rings is 3. The number of hydrazone groups is 1. The zero-order valence-corrected chi connectivity index (χ0v) is 15.4. The van der Waals surface area contributed by atoms with Gasteiger partial charge in [0, 0.05) is 11.1 Å². The molecule has 0 atom stereocenters. The lowest BCUT2D eigenvalue weighted by atomic mass is 10.0. The van der Waals surface area contributed by atoms with Gasteiger partial charge >= 0.3 is 0 Å². The molecule has 0 saturated heterocycles. The first-order valence-electron chi connectivity index (χ1n) is 8.29. The van der Waals surface area contributed by atoms with Crippen molar-refractivity contribution in [1.82, 2.24) is 5.43 Å². The van der Waals surface area contributed by atoms with E-state index in [0.717, 1.165) is 10.8 Å². The van der Waals surface area contributed by atoms with Gasteiger partial charge in [0.25, 0.3) is 5.91 Å². The van der Waals surface area contributed by atoms with Crippen molar-refractivity contribution in [3.05, 3.63) is 65.7 Å². The third-order valence-corrected chi connectivity index (χ3v) is 4.14. The highest BCUT2D eigenvalue weighted by molar-refractivity contribution is 6.07. The summed E-state index contributed by atoms with van der Waals surface area (Å²) in [5.41, 5.74) is 3.77. The largest absolute Gasteiger partial charge is 0.493 e. The SMILES string of the molecule is COc1ccc(/C=N/NC(=O)c2cccc3ccccc23)c(OC)c1OC. The number of fused-ring (bicyclic) bond motifs is 1. The van der Waals surface area contributed by atoms with Gasteiger partial charge in [-0.1, -0.05) is 36.4 Å². The maximum absolute atomic E-state index is 12.5. The number of carbonyl (C=O) groups excluding carboxylic acids is 1. The van der Waals surface area contributed by atoms with Crippen LogP contribution in [0.1, 0.15) is 15.9 Å². The Kier molecular flexibility index (Phi) is 5.56. The number of carbonyl (C=O) groups is 1. The smallest absolute Gasteiger partial charge is 0.271 e. The van der Waals surface area contributed by atoms with Gasteiger partial charge in [0.15, 0.2) is 11.5 Å². The van der Waals surface area contributed by atoms with Gasteiger partial charge < -0.3 is 14.2 Å². The van der Waals surface area contributed by atoms with Crippen molar-refractivity contribution in [1.29, 1.82) is 0 Å². The Morgan fingerprint density at radius 1 is 0.889 bits per heavy atom. The minimum absolute atomic E-state index is 0.289. The van der Waals surface area contributed by atoms with Gasteiger partial charge in [0.2, 0.25) is 5.75 Å². The number of rotatable bonds is 6. The van der Waals surface area contributed by atoms with Gasteiger partial charge in [0.05, 0.1) is 27.5 Å². The summed E-state index contributed by atoms with van der Waals surface area (Å²) in [4.78, 5) is 12.5. The third kappa shape index (κ3) is 3.69. The highest BCUT2D eigenvalue weighted by Crippen LogP contribution is 2.38. The fraction of sp³-hybridized carbons (Fsp3) is 0.143. The van der Waals surface area contributed by atoms with Gasteiger partial charge in [-0.05, 0) is 29.0 Å². The van der Waals surface area contributed by atoms with Crippen molar-refractivity contribution < 1.29 is 19.0 Å². The number of amides is 1. The van der Waals surface area contributed by atoms with Crippen molar-refractivity contribution in [3.63, 3.8) is 0 Å². The van der Waals surface area contributed by atoms with Gasteiger partial charge in [-0.25, -0.2) is 5.43 Å². The molecule has 138 valence electrons. The van der Waals surface area contributed by atoms with E-state index in [-0.39, 0.29) is 5.91 Å². The van der Waals surface area contributed by atoms with Crippen LogP contribution in [-0.4, -0.2) is 33.5 Å². The molecule has 6 nitrogen and oxygen atoms in total. The first kappa shape index (κ1) is 18.3. The maximum atomic E-state index is 12.5. The topological polar surface area (TPSA) is 69.2 Å². The summed E-state index contributed by atoms with van der Waals surface area (Å²) >= 11 is 0. The highest BCUT2D eigenvalue weighted by atomic mass is 16.5. The molecule has 0 unspecified atom stereocenters. The van der Waals surface area contributed by atoms with E-state index in [4.69, 9.17) is 14.2 Å². The molecule has 0 fully saturated rings. The number of nitrogens with one attached hydrogen (secondary N) is 1. The summed E-state index contributed by atoms with van der Waals surface area (Å²) in [5.74, 6) is 1.19. The normalized spacial score (nSPS) is 10.8. The second kappa shape index (κ2) is 8.23. The van der Waals surface area contributed by atoms with Crippen molar-refractivity contribution in [2.45, 2.75) is 0 Å². The summed E-state index contributed by atoms with van der Waals surface area (Å²) in [5, 5.41) is 5.93. The molecule has 0 saturated carbocycles. The van der Waals surface area contributed by atoms with Crippen LogP contribution in [0.4, 0.5) is 0 Å². The van der Waals surface area contributed by atoms with Crippen molar-refractivity contribution in [3.8, 4) is 17.2 Å². The van der Waals surface area contributed by atoms with Gasteiger partial charge in [-0.2, -0.15) is 5.10 Å². The summed E-state index contributed by atoms with van der Waals surface area (Å²) in [6.45, 7) is 0. The summed E-state index contributed by atoms with van der Waals surface area (Å²) in [6.07, 6.45) is 1.50. The average Bonchev–Trinajstić information content (AvgIpc) is 2.72. The van der Waals surface area contributed by atoms with E-state index in [9.17, 15) is 4.79 Å². The first-order valence-corrected chi connectivity index (χ1v) is 8.29. The Bertz CT molecular complexity index is 993. The van der Waals surface area contributed by atoms with E-state index in [2.05, 4.69) is 10.5 Å². The molecule has 0 aromatic heterocycles. The molecule has 0 heterocycles. The number of nitrogens with zero attached hydrogens (tertiary/aromatic N) is 1. The molecule has 6 heteroatoms. The third-order valence-electron chi connectivity index (χ3n) is 4.14.